The first-order valence-electron chi connectivity index (χ1n) is 7.99. The fourth-order valence-corrected chi connectivity index (χ4v) is 2.16. The summed E-state index contributed by atoms with van der Waals surface area (Å²) in [7, 11) is 1.27. The summed E-state index contributed by atoms with van der Waals surface area (Å²) < 4.78 is 9.67. The number of anilines is 1. The summed E-state index contributed by atoms with van der Waals surface area (Å²) in [5.74, 6) is -1.95. The summed E-state index contributed by atoms with van der Waals surface area (Å²) in [6.07, 6.45) is 1.35. The lowest BCUT2D eigenvalue weighted by molar-refractivity contribution is -0.139. The number of esters is 1. The number of carbonyl (C=O) groups is 3. The molecule has 28 heavy (non-hydrogen) atoms. The molecular weight excluding hydrogens is 364 g/mol. The molecule has 2 rings (SSSR count). The average molecular weight is 380 g/mol. The minimum Gasteiger partial charge on any atom is -0.482 e. The maximum absolute atomic E-state index is 12.3. The summed E-state index contributed by atoms with van der Waals surface area (Å²) in [5, 5.41) is 20.5. The number of carboxylic acids is 1. The Morgan fingerprint density at radius 1 is 1.18 bits per heavy atom. The lowest BCUT2D eigenvalue weighted by Gasteiger charge is -2.06. The van der Waals surface area contributed by atoms with Crippen LogP contribution in [0.3, 0.4) is 0 Å². The summed E-state index contributed by atoms with van der Waals surface area (Å²) in [4.78, 5) is 34.3. The molecule has 0 heterocycles. The summed E-state index contributed by atoms with van der Waals surface area (Å²) >= 11 is 0. The van der Waals surface area contributed by atoms with Gasteiger partial charge in [-0.2, -0.15) is 5.26 Å². The second-order valence-corrected chi connectivity index (χ2v) is 5.45. The molecule has 1 amide bonds. The highest BCUT2D eigenvalue weighted by Crippen LogP contribution is 2.17. The van der Waals surface area contributed by atoms with E-state index in [0.29, 0.717) is 22.6 Å². The molecule has 2 aromatic carbocycles. The van der Waals surface area contributed by atoms with E-state index in [1.165, 1.54) is 43.5 Å². The van der Waals surface area contributed by atoms with Crippen LogP contribution in [0.25, 0.3) is 6.08 Å². The number of methoxy groups -OCH3 is 1. The number of hydrogen-bond acceptors (Lipinski definition) is 6. The van der Waals surface area contributed by atoms with Gasteiger partial charge in [-0.1, -0.05) is 12.1 Å². The molecule has 142 valence electrons. The Morgan fingerprint density at radius 2 is 1.89 bits per heavy atom. The van der Waals surface area contributed by atoms with E-state index >= 15 is 0 Å². The van der Waals surface area contributed by atoms with Gasteiger partial charge in [0.05, 0.1) is 12.7 Å². The molecule has 2 N–H and O–H groups in total. The van der Waals surface area contributed by atoms with Crippen molar-refractivity contribution in [2.45, 2.75) is 0 Å². The Bertz CT molecular complexity index is 957. The largest absolute Gasteiger partial charge is 0.482 e. The van der Waals surface area contributed by atoms with Crippen LogP contribution < -0.4 is 10.1 Å². The molecular formula is C20H16N2O6. The van der Waals surface area contributed by atoms with E-state index in [0.717, 1.165) is 0 Å². The highest BCUT2D eigenvalue weighted by molar-refractivity contribution is 6.09. The average Bonchev–Trinajstić information content (AvgIpc) is 2.70. The zero-order valence-corrected chi connectivity index (χ0v) is 14.8. The van der Waals surface area contributed by atoms with Crippen molar-refractivity contribution in [3.8, 4) is 11.8 Å². The van der Waals surface area contributed by atoms with E-state index in [1.54, 1.807) is 18.2 Å². The van der Waals surface area contributed by atoms with Crippen molar-refractivity contribution in [3.05, 3.63) is 65.2 Å². The molecule has 0 aromatic heterocycles. The zero-order chi connectivity index (χ0) is 20.5. The number of aliphatic carboxylic acids is 1. The van der Waals surface area contributed by atoms with Gasteiger partial charge in [0.25, 0.3) is 5.91 Å². The monoisotopic (exact) mass is 380 g/mol. The molecule has 0 bridgehead atoms. The van der Waals surface area contributed by atoms with E-state index in [-0.39, 0.29) is 5.57 Å². The van der Waals surface area contributed by atoms with Crippen LogP contribution in [0, 0.1) is 11.3 Å². The molecule has 8 heteroatoms. The van der Waals surface area contributed by atoms with Crippen molar-refractivity contribution in [2.75, 3.05) is 19.0 Å². The fraction of sp³-hybridized carbons (Fsp3) is 0.100. The number of nitrogens with one attached hydrogen (secondary N) is 1. The molecule has 0 aliphatic carbocycles. The van der Waals surface area contributed by atoms with Crippen LogP contribution in [-0.2, 0) is 14.3 Å². The predicted octanol–water partition coefficient (Wildman–Crippen LogP) is 2.48. The van der Waals surface area contributed by atoms with Crippen LogP contribution in [-0.4, -0.2) is 36.7 Å². The maximum atomic E-state index is 12.3. The van der Waals surface area contributed by atoms with E-state index in [9.17, 15) is 19.6 Å². The lowest BCUT2D eigenvalue weighted by Crippen LogP contribution is -2.13. The van der Waals surface area contributed by atoms with E-state index in [4.69, 9.17) is 9.84 Å². The van der Waals surface area contributed by atoms with Gasteiger partial charge in [-0.15, -0.1) is 0 Å². The van der Waals surface area contributed by atoms with Crippen molar-refractivity contribution in [3.63, 3.8) is 0 Å². The summed E-state index contributed by atoms with van der Waals surface area (Å²) in [6, 6.07) is 14.2. The van der Waals surface area contributed by atoms with Gasteiger partial charge in [0.15, 0.2) is 6.61 Å². The predicted molar refractivity (Wildman–Crippen MR) is 99.6 cm³/mol. The first-order chi connectivity index (χ1) is 13.4. The highest BCUT2D eigenvalue weighted by atomic mass is 16.5. The minimum atomic E-state index is -1.11. The number of hydrogen-bond donors (Lipinski definition) is 2. The van der Waals surface area contributed by atoms with Crippen molar-refractivity contribution in [2.24, 2.45) is 0 Å². The van der Waals surface area contributed by atoms with Crippen LogP contribution in [0.4, 0.5) is 5.69 Å². The van der Waals surface area contributed by atoms with Crippen LogP contribution >= 0.6 is 0 Å². The van der Waals surface area contributed by atoms with Gasteiger partial charge in [-0.05, 0) is 48.0 Å². The van der Waals surface area contributed by atoms with E-state index in [2.05, 4.69) is 10.1 Å². The molecule has 0 spiro atoms. The van der Waals surface area contributed by atoms with Crippen molar-refractivity contribution in [1.29, 1.82) is 5.26 Å². The van der Waals surface area contributed by atoms with E-state index in [1.807, 2.05) is 6.07 Å². The molecule has 0 radical (unpaired) electrons. The van der Waals surface area contributed by atoms with Crippen LogP contribution in [0.1, 0.15) is 15.9 Å². The number of carbonyl (C=O) groups excluding carboxylic acids is 2. The molecule has 0 fully saturated rings. The molecule has 0 aliphatic heterocycles. The second kappa shape index (κ2) is 9.54. The first-order valence-corrected chi connectivity index (χ1v) is 7.99. The maximum Gasteiger partial charge on any atom is 0.341 e. The molecule has 0 aliphatic rings. The standard InChI is InChI=1S/C20H16N2O6/c1-27-20(26)14-5-7-16(8-6-14)22-19(25)15(11-21)9-13-3-2-4-17(10-13)28-12-18(23)24/h2-10H,12H2,1H3,(H,22,25)(H,23,24)/b15-9-. The third kappa shape index (κ3) is 5.71. The number of ether oxygens (including phenoxy) is 2. The molecule has 2 aromatic rings. The van der Waals surface area contributed by atoms with Crippen LogP contribution in [0.2, 0.25) is 0 Å². The SMILES string of the molecule is COC(=O)c1ccc(NC(=O)/C(C#N)=C\c2cccc(OCC(=O)O)c2)cc1. The third-order valence-corrected chi connectivity index (χ3v) is 3.46. The summed E-state index contributed by atoms with van der Waals surface area (Å²) in [6.45, 7) is -0.500. The number of benzene rings is 2. The number of nitriles is 1. The quantitative estimate of drug-likeness (QED) is 0.429. The third-order valence-electron chi connectivity index (χ3n) is 3.46. The smallest absolute Gasteiger partial charge is 0.341 e. The highest BCUT2D eigenvalue weighted by Gasteiger charge is 2.11. The Hall–Kier alpha value is -4.12. The Kier molecular flexibility index (Phi) is 6.88. The fourth-order valence-electron chi connectivity index (χ4n) is 2.16. The van der Waals surface area contributed by atoms with Crippen LogP contribution in [0.5, 0.6) is 5.75 Å². The number of rotatable bonds is 7. The number of carboxylic acid groups (broad SMARTS) is 1. The van der Waals surface area contributed by atoms with E-state index < -0.39 is 24.5 Å². The van der Waals surface area contributed by atoms with Gasteiger partial charge < -0.3 is 19.9 Å². The van der Waals surface area contributed by atoms with Crippen molar-refractivity contribution < 1.29 is 29.0 Å². The first kappa shape index (κ1) is 20.2. The minimum absolute atomic E-state index is 0.160. The van der Waals surface area contributed by atoms with Crippen molar-refractivity contribution >= 4 is 29.6 Å². The topological polar surface area (TPSA) is 126 Å². The normalized spacial score (nSPS) is 10.5. The summed E-state index contributed by atoms with van der Waals surface area (Å²) in [5.41, 5.74) is 1.06. The Labute approximate surface area is 160 Å². The van der Waals surface area contributed by atoms with Gasteiger partial charge in [0.1, 0.15) is 17.4 Å². The van der Waals surface area contributed by atoms with Crippen molar-refractivity contribution in [1.82, 2.24) is 0 Å². The number of nitrogens with zero attached hydrogens (tertiary/aromatic N) is 1. The molecule has 0 saturated carbocycles. The van der Waals surface area contributed by atoms with Gasteiger partial charge in [0, 0.05) is 5.69 Å². The molecule has 0 saturated heterocycles. The Morgan fingerprint density at radius 3 is 2.50 bits per heavy atom. The van der Waals surface area contributed by atoms with Gasteiger partial charge in [-0.3, -0.25) is 4.79 Å². The molecule has 0 atom stereocenters. The number of amides is 1. The second-order valence-electron chi connectivity index (χ2n) is 5.45. The van der Waals surface area contributed by atoms with Gasteiger partial charge >= 0.3 is 11.9 Å². The molecule has 0 unspecified atom stereocenters. The molecule has 8 nitrogen and oxygen atoms in total. The lowest BCUT2D eigenvalue weighted by atomic mass is 10.1. The zero-order valence-electron chi connectivity index (χ0n) is 14.8. The van der Waals surface area contributed by atoms with Crippen LogP contribution in [0.15, 0.2) is 54.1 Å². The van der Waals surface area contributed by atoms with Gasteiger partial charge in [0.2, 0.25) is 0 Å². The Balaban J connectivity index is 2.12. The van der Waals surface area contributed by atoms with Gasteiger partial charge in [-0.25, -0.2) is 9.59 Å².